The fourth-order valence-corrected chi connectivity index (χ4v) is 2.69. The highest BCUT2D eigenvalue weighted by Gasteiger charge is 2.15. The zero-order valence-electron chi connectivity index (χ0n) is 12.5. The zero-order valence-corrected chi connectivity index (χ0v) is 12.5. The average molecular weight is 299 g/mol. The van der Waals surface area contributed by atoms with E-state index < -0.39 is 0 Å². The number of fused-ring (bicyclic) bond motifs is 1. The molecule has 0 atom stereocenters. The quantitative estimate of drug-likeness (QED) is 0.778. The van der Waals surface area contributed by atoms with E-state index in [0.717, 1.165) is 31.7 Å². The molecule has 0 radical (unpaired) electrons. The Bertz CT molecular complexity index is 611. The normalized spacial score (nSPS) is 14.4. The third kappa shape index (κ3) is 3.85. The van der Waals surface area contributed by atoms with Crippen molar-refractivity contribution in [1.82, 2.24) is 25.7 Å². The first-order valence-corrected chi connectivity index (χ1v) is 7.60. The number of benzene rings is 1. The molecule has 116 valence electrons. The molecule has 6 nitrogen and oxygen atoms in total. The van der Waals surface area contributed by atoms with Gasteiger partial charge in [0, 0.05) is 32.4 Å². The van der Waals surface area contributed by atoms with Crippen molar-refractivity contribution in [2.75, 3.05) is 19.6 Å². The first kappa shape index (κ1) is 14.6. The summed E-state index contributed by atoms with van der Waals surface area (Å²) in [5.41, 5.74) is 3.74. The van der Waals surface area contributed by atoms with Crippen LogP contribution in [-0.2, 0) is 19.5 Å². The van der Waals surface area contributed by atoms with Gasteiger partial charge in [0.15, 0.2) is 0 Å². The van der Waals surface area contributed by atoms with Crippen LogP contribution >= 0.6 is 0 Å². The third-order valence-electron chi connectivity index (χ3n) is 3.92. The number of nitrogens with one attached hydrogen (secondary N) is 3. The standard InChI is InChI=1S/C16H21N5O/c22-16(18-11-15-5-7-19-20-15)17-8-10-21-9-6-13-3-1-2-4-14(13)12-21/h1-5,7H,6,8-12H2,(H,19,20)(H2,17,18,22). The number of carbonyl (C=O) groups is 1. The molecule has 1 aliphatic rings. The van der Waals surface area contributed by atoms with Crippen molar-refractivity contribution in [3.63, 3.8) is 0 Å². The monoisotopic (exact) mass is 299 g/mol. The van der Waals surface area contributed by atoms with Gasteiger partial charge in [0.05, 0.1) is 12.2 Å². The summed E-state index contributed by atoms with van der Waals surface area (Å²) >= 11 is 0. The van der Waals surface area contributed by atoms with Gasteiger partial charge in [-0.2, -0.15) is 5.10 Å². The van der Waals surface area contributed by atoms with Crippen LogP contribution < -0.4 is 10.6 Å². The molecule has 2 aromatic rings. The average Bonchev–Trinajstić information content (AvgIpc) is 3.06. The van der Waals surface area contributed by atoms with Crippen LogP contribution in [0.1, 0.15) is 16.8 Å². The number of hydrogen-bond acceptors (Lipinski definition) is 3. The number of amides is 2. The second-order valence-corrected chi connectivity index (χ2v) is 5.49. The summed E-state index contributed by atoms with van der Waals surface area (Å²) in [6.07, 6.45) is 2.76. The van der Waals surface area contributed by atoms with E-state index in [9.17, 15) is 4.79 Å². The van der Waals surface area contributed by atoms with Gasteiger partial charge in [0.25, 0.3) is 0 Å². The maximum Gasteiger partial charge on any atom is 0.315 e. The number of urea groups is 1. The minimum Gasteiger partial charge on any atom is -0.337 e. The number of nitrogens with zero attached hydrogens (tertiary/aromatic N) is 2. The summed E-state index contributed by atoms with van der Waals surface area (Å²) in [5.74, 6) is 0. The Morgan fingerprint density at radius 1 is 1.23 bits per heavy atom. The molecule has 1 aliphatic heterocycles. The second-order valence-electron chi connectivity index (χ2n) is 5.49. The van der Waals surface area contributed by atoms with Crippen LogP contribution in [0.2, 0.25) is 0 Å². The van der Waals surface area contributed by atoms with Gasteiger partial charge in [0.1, 0.15) is 0 Å². The fraction of sp³-hybridized carbons (Fsp3) is 0.375. The van der Waals surface area contributed by atoms with Crippen molar-refractivity contribution in [2.24, 2.45) is 0 Å². The van der Waals surface area contributed by atoms with Gasteiger partial charge in [-0.1, -0.05) is 24.3 Å². The van der Waals surface area contributed by atoms with Crippen LogP contribution in [0.4, 0.5) is 4.79 Å². The highest BCUT2D eigenvalue weighted by atomic mass is 16.2. The van der Waals surface area contributed by atoms with Crippen molar-refractivity contribution >= 4 is 6.03 Å². The maximum absolute atomic E-state index is 11.7. The van der Waals surface area contributed by atoms with Crippen molar-refractivity contribution in [3.8, 4) is 0 Å². The van der Waals surface area contributed by atoms with Gasteiger partial charge in [-0.25, -0.2) is 4.79 Å². The minimum absolute atomic E-state index is 0.146. The molecule has 1 aromatic carbocycles. The molecular weight excluding hydrogens is 278 g/mol. The lowest BCUT2D eigenvalue weighted by Gasteiger charge is -2.28. The van der Waals surface area contributed by atoms with Gasteiger partial charge in [0.2, 0.25) is 0 Å². The van der Waals surface area contributed by atoms with E-state index in [0.29, 0.717) is 13.1 Å². The first-order chi connectivity index (χ1) is 10.8. The van der Waals surface area contributed by atoms with E-state index in [1.807, 2.05) is 6.07 Å². The molecule has 0 bridgehead atoms. The number of carbonyl (C=O) groups excluding carboxylic acids is 1. The van der Waals surface area contributed by atoms with Crippen LogP contribution in [0.25, 0.3) is 0 Å². The fourth-order valence-electron chi connectivity index (χ4n) is 2.69. The largest absolute Gasteiger partial charge is 0.337 e. The molecular formula is C16H21N5O. The molecule has 0 fully saturated rings. The van der Waals surface area contributed by atoms with Crippen LogP contribution in [-0.4, -0.2) is 40.8 Å². The number of H-pyrrole nitrogens is 1. The molecule has 6 heteroatoms. The van der Waals surface area contributed by atoms with Crippen molar-refractivity contribution < 1.29 is 4.79 Å². The lowest BCUT2D eigenvalue weighted by molar-refractivity contribution is 0.230. The summed E-state index contributed by atoms with van der Waals surface area (Å²) < 4.78 is 0. The summed E-state index contributed by atoms with van der Waals surface area (Å²) in [5, 5.41) is 12.3. The van der Waals surface area contributed by atoms with Crippen molar-refractivity contribution in [3.05, 3.63) is 53.3 Å². The van der Waals surface area contributed by atoms with E-state index in [2.05, 4.69) is 50.0 Å². The van der Waals surface area contributed by atoms with Gasteiger partial charge in [-0.15, -0.1) is 0 Å². The summed E-state index contributed by atoms with van der Waals surface area (Å²) in [4.78, 5) is 14.1. The van der Waals surface area contributed by atoms with E-state index >= 15 is 0 Å². The van der Waals surface area contributed by atoms with Crippen LogP contribution in [0.15, 0.2) is 36.5 Å². The lowest BCUT2D eigenvalue weighted by Crippen LogP contribution is -2.41. The van der Waals surface area contributed by atoms with Crippen molar-refractivity contribution in [2.45, 2.75) is 19.5 Å². The Hall–Kier alpha value is -2.34. The van der Waals surface area contributed by atoms with Crippen LogP contribution in [0, 0.1) is 0 Å². The van der Waals surface area contributed by atoms with E-state index in [4.69, 9.17) is 0 Å². The molecule has 0 spiro atoms. The van der Waals surface area contributed by atoms with Gasteiger partial charge in [-0.05, 0) is 23.6 Å². The Kier molecular flexibility index (Phi) is 4.70. The summed E-state index contributed by atoms with van der Waals surface area (Å²) in [6, 6.07) is 10.3. The van der Waals surface area contributed by atoms with E-state index in [1.165, 1.54) is 11.1 Å². The SMILES string of the molecule is O=C(NCCN1CCc2ccccc2C1)NCc1ccn[nH]1. The first-order valence-electron chi connectivity index (χ1n) is 7.60. The molecule has 0 saturated carbocycles. The summed E-state index contributed by atoms with van der Waals surface area (Å²) in [7, 11) is 0. The molecule has 2 amide bonds. The highest BCUT2D eigenvalue weighted by Crippen LogP contribution is 2.17. The Labute approximate surface area is 129 Å². The predicted molar refractivity (Wildman–Crippen MR) is 84.2 cm³/mol. The number of hydrogen-bond donors (Lipinski definition) is 3. The summed E-state index contributed by atoms with van der Waals surface area (Å²) in [6.45, 7) is 3.99. The molecule has 0 unspecified atom stereocenters. The third-order valence-corrected chi connectivity index (χ3v) is 3.92. The van der Waals surface area contributed by atoms with Gasteiger partial charge in [-0.3, -0.25) is 10.00 Å². The smallest absolute Gasteiger partial charge is 0.315 e. The van der Waals surface area contributed by atoms with E-state index in [-0.39, 0.29) is 6.03 Å². The molecule has 3 rings (SSSR count). The Morgan fingerprint density at radius 3 is 2.91 bits per heavy atom. The highest BCUT2D eigenvalue weighted by molar-refractivity contribution is 5.73. The van der Waals surface area contributed by atoms with Crippen LogP contribution in [0.5, 0.6) is 0 Å². The molecule has 22 heavy (non-hydrogen) atoms. The second kappa shape index (κ2) is 7.09. The molecule has 2 heterocycles. The molecule has 0 saturated heterocycles. The number of aromatic amines is 1. The van der Waals surface area contributed by atoms with Gasteiger partial charge >= 0.3 is 6.03 Å². The Morgan fingerprint density at radius 2 is 2.09 bits per heavy atom. The predicted octanol–water partition coefficient (Wildman–Crippen LogP) is 1.27. The Balaban J connectivity index is 1.36. The topological polar surface area (TPSA) is 73.1 Å². The van der Waals surface area contributed by atoms with Gasteiger partial charge < -0.3 is 10.6 Å². The number of aromatic nitrogens is 2. The molecule has 3 N–H and O–H groups in total. The maximum atomic E-state index is 11.7. The minimum atomic E-state index is -0.146. The van der Waals surface area contributed by atoms with E-state index in [1.54, 1.807) is 6.20 Å². The lowest BCUT2D eigenvalue weighted by atomic mass is 10.00. The number of rotatable bonds is 5. The van der Waals surface area contributed by atoms with Crippen LogP contribution in [0.3, 0.4) is 0 Å². The molecule has 0 aliphatic carbocycles. The van der Waals surface area contributed by atoms with Crippen molar-refractivity contribution in [1.29, 1.82) is 0 Å². The molecule has 1 aromatic heterocycles. The zero-order chi connectivity index (χ0) is 15.2.